The number of aliphatic hydroxyl groups excluding tert-OH is 1. The van der Waals surface area contributed by atoms with Crippen LogP contribution in [0.25, 0.3) is 6.08 Å². The van der Waals surface area contributed by atoms with Gasteiger partial charge < -0.3 is 9.84 Å². The van der Waals surface area contributed by atoms with Gasteiger partial charge in [-0.15, -0.1) is 0 Å². The Kier molecular flexibility index (Phi) is 5.39. The summed E-state index contributed by atoms with van der Waals surface area (Å²) in [5, 5.41) is 9.72. The van der Waals surface area contributed by atoms with Crippen molar-refractivity contribution in [3.05, 3.63) is 70.2 Å². The second-order valence-corrected chi connectivity index (χ2v) is 5.40. The van der Waals surface area contributed by atoms with Crippen molar-refractivity contribution >= 4 is 22.0 Å². The van der Waals surface area contributed by atoms with E-state index >= 15 is 0 Å². The minimum atomic E-state index is -0.545. The third-order valence-corrected chi connectivity index (χ3v) is 3.36. The van der Waals surface area contributed by atoms with E-state index in [9.17, 15) is 5.11 Å². The summed E-state index contributed by atoms with van der Waals surface area (Å²) in [6.07, 6.45) is 3.43. The molecule has 2 aromatic rings. The van der Waals surface area contributed by atoms with Crippen molar-refractivity contribution in [2.45, 2.75) is 13.0 Å². The zero-order valence-corrected chi connectivity index (χ0v) is 12.9. The Morgan fingerprint density at radius 2 is 1.95 bits per heavy atom. The molecule has 0 spiro atoms. The number of hydrogen-bond acceptors (Lipinski definition) is 2. The summed E-state index contributed by atoms with van der Waals surface area (Å²) in [6.45, 7) is 2.20. The molecule has 0 radical (unpaired) electrons. The van der Waals surface area contributed by atoms with Gasteiger partial charge >= 0.3 is 0 Å². The Hall–Kier alpha value is -1.58. The molecule has 1 atom stereocenters. The molecule has 0 aliphatic carbocycles. The van der Waals surface area contributed by atoms with Crippen LogP contribution >= 0.6 is 15.9 Å². The molecule has 2 nitrogen and oxygen atoms in total. The number of benzene rings is 2. The Morgan fingerprint density at radius 1 is 1.20 bits per heavy atom. The van der Waals surface area contributed by atoms with Gasteiger partial charge in [-0.2, -0.15) is 0 Å². The first kappa shape index (κ1) is 14.8. The van der Waals surface area contributed by atoms with Crippen molar-refractivity contribution in [1.82, 2.24) is 0 Å². The minimum Gasteiger partial charge on any atom is -0.489 e. The first-order chi connectivity index (χ1) is 9.66. The Morgan fingerprint density at radius 3 is 2.65 bits per heavy atom. The van der Waals surface area contributed by atoms with E-state index in [0.29, 0.717) is 12.4 Å². The topological polar surface area (TPSA) is 29.5 Å². The molecule has 3 heteroatoms. The van der Waals surface area contributed by atoms with Crippen molar-refractivity contribution < 1.29 is 9.84 Å². The van der Waals surface area contributed by atoms with Crippen LogP contribution in [0.1, 0.15) is 24.2 Å². The van der Waals surface area contributed by atoms with Crippen molar-refractivity contribution in [2.75, 3.05) is 6.61 Å². The molecule has 0 unspecified atom stereocenters. The molecule has 20 heavy (non-hydrogen) atoms. The third kappa shape index (κ3) is 4.22. The van der Waals surface area contributed by atoms with Gasteiger partial charge in [0.25, 0.3) is 0 Å². The molecule has 0 saturated heterocycles. The van der Waals surface area contributed by atoms with Gasteiger partial charge in [-0.1, -0.05) is 58.4 Å². The third-order valence-electron chi connectivity index (χ3n) is 2.87. The van der Waals surface area contributed by atoms with Crippen LogP contribution in [-0.4, -0.2) is 11.7 Å². The van der Waals surface area contributed by atoms with E-state index in [1.54, 1.807) is 6.92 Å². The highest BCUT2D eigenvalue weighted by Crippen LogP contribution is 2.28. The molecule has 2 rings (SSSR count). The standard InChI is InChI=1S/C17H17BrO2/c1-13(19)16-10-9-15(18)12-17(16)20-11-5-8-14-6-3-2-4-7-14/h2-10,12-13,19H,11H2,1H3/b8-5+/t13-/m1/s1. The molecule has 0 amide bonds. The Balaban J connectivity index is 2.00. The molecule has 0 bridgehead atoms. The molecule has 0 aliphatic heterocycles. The highest BCUT2D eigenvalue weighted by atomic mass is 79.9. The van der Waals surface area contributed by atoms with E-state index < -0.39 is 6.10 Å². The van der Waals surface area contributed by atoms with Crippen LogP contribution < -0.4 is 4.74 Å². The number of halogens is 1. The summed E-state index contributed by atoms with van der Waals surface area (Å²) in [6, 6.07) is 15.7. The summed E-state index contributed by atoms with van der Waals surface area (Å²) in [7, 11) is 0. The SMILES string of the molecule is C[C@@H](O)c1ccc(Br)cc1OC/C=C/c1ccccc1. The molecule has 0 fully saturated rings. The number of hydrogen-bond donors (Lipinski definition) is 1. The summed E-state index contributed by atoms with van der Waals surface area (Å²) in [4.78, 5) is 0. The summed E-state index contributed by atoms with van der Waals surface area (Å²) >= 11 is 3.41. The van der Waals surface area contributed by atoms with E-state index in [1.165, 1.54) is 0 Å². The monoisotopic (exact) mass is 332 g/mol. The van der Waals surface area contributed by atoms with Gasteiger partial charge in [0.05, 0.1) is 6.10 Å². The van der Waals surface area contributed by atoms with E-state index in [0.717, 1.165) is 15.6 Å². The first-order valence-corrected chi connectivity index (χ1v) is 7.28. The van der Waals surface area contributed by atoms with Gasteiger partial charge in [0.2, 0.25) is 0 Å². The van der Waals surface area contributed by atoms with Gasteiger partial charge in [0, 0.05) is 10.0 Å². The molecule has 1 N–H and O–H groups in total. The second kappa shape index (κ2) is 7.27. The van der Waals surface area contributed by atoms with Crippen LogP contribution in [0.15, 0.2) is 59.1 Å². The maximum absolute atomic E-state index is 9.72. The minimum absolute atomic E-state index is 0.463. The lowest BCUT2D eigenvalue weighted by Crippen LogP contribution is -2.00. The number of rotatable bonds is 5. The zero-order chi connectivity index (χ0) is 14.4. The van der Waals surface area contributed by atoms with Crippen LogP contribution in [-0.2, 0) is 0 Å². The molecule has 0 aliphatic rings. The molecule has 0 heterocycles. The lowest BCUT2D eigenvalue weighted by atomic mass is 10.1. The summed E-state index contributed by atoms with van der Waals surface area (Å²) in [5.74, 6) is 0.701. The zero-order valence-electron chi connectivity index (χ0n) is 11.3. The predicted octanol–water partition coefficient (Wildman–Crippen LogP) is 4.59. The van der Waals surface area contributed by atoms with Crippen LogP contribution in [0, 0.1) is 0 Å². The van der Waals surface area contributed by atoms with Crippen LogP contribution in [0.3, 0.4) is 0 Å². The fourth-order valence-corrected chi connectivity index (χ4v) is 2.20. The van der Waals surface area contributed by atoms with Crippen molar-refractivity contribution in [1.29, 1.82) is 0 Å². The van der Waals surface area contributed by atoms with Crippen molar-refractivity contribution in [2.24, 2.45) is 0 Å². The summed E-state index contributed by atoms with van der Waals surface area (Å²) in [5.41, 5.74) is 1.93. The molecule has 2 aromatic carbocycles. The molecule has 104 valence electrons. The van der Waals surface area contributed by atoms with Crippen molar-refractivity contribution in [3.63, 3.8) is 0 Å². The van der Waals surface area contributed by atoms with Crippen LogP contribution in [0.5, 0.6) is 5.75 Å². The van der Waals surface area contributed by atoms with Gasteiger partial charge in [-0.3, -0.25) is 0 Å². The second-order valence-electron chi connectivity index (χ2n) is 4.48. The Bertz CT molecular complexity index is 577. The molecule has 0 saturated carbocycles. The highest BCUT2D eigenvalue weighted by Gasteiger charge is 2.09. The number of aliphatic hydroxyl groups is 1. The quantitative estimate of drug-likeness (QED) is 0.867. The maximum Gasteiger partial charge on any atom is 0.126 e. The van der Waals surface area contributed by atoms with E-state index in [2.05, 4.69) is 15.9 Å². The van der Waals surface area contributed by atoms with Gasteiger partial charge in [0.1, 0.15) is 12.4 Å². The van der Waals surface area contributed by atoms with Gasteiger partial charge in [-0.05, 0) is 30.7 Å². The van der Waals surface area contributed by atoms with Gasteiger partial charge in [0.15, 0.2) is 0 Å². The van der Waals surface area contributed by atoms with Crippen molar-refractivity contribution in [3.8, 4) is 5.75 Å². The fraction of sp³-hybridized carbons (Fsp3) is 0.176. The molecular formula is C17H17BrO2. The highest BCUT2D eigenvalue weighted by molar-refractivity contribution is 9.10. The van der Waals surface area contributed by atoms with E-state index in [-0.39, 0.29) is 0 Å². The van der Waals surface area contributed by atoms with Crippen LogP contribution in [0.4, 0.5) is 0 Å². The van der Waals surface area contributed by atoms with E-state index in [1.807, 2.05) is 60.7 Å². The predicted molar refractivity (Wildman–Crippen MR) is 85.7 cm³/mol. The normalized spacial score (nSPS) is 12.6. The summed E-state index contributed by atoms with van der Waals surface area (Å²) < 4.78 is 6.66. The Labute approximate surface area is 127 Å². The molecule has 0 aromatic heterocycles. The lowest BCUT2D eigenvalue weighted by Gasteiger charge is -2.12. The average Bonchev–Trinajstić information content (AvgIpc) is 2.44. The number of ether oxygens (including phenoxy) is 1. The first-order valence-electron chi connectivity index (χ1n) is 6.48. The van der Waals surface area contributed by atoms with Crippen LogP contribution in [0.2, 0.25) is 0 Å². The smallest absolute Gasteiger partial charge is 0.126 e. The van der Waals surface area contributed by atoms with E-state index in [4.69, 9.17) is 4.74 Å². The van der Waals surface area contributed by atoms with Gasteiger partial charge in [-0.25, -0.2) is 0 Å². The fourth-order valence-electron chi connectivity index (χ4n) is 1.86. The molecular weight excluding hydrogens is 316 g/mol. The maximum atomic E-state index is 9.72. The largest absolute Gasteiger partial charge is 0.489 e. The lowest BCUT2D eigenvalue weighted by molar-refractivity contribution is 0.193. The average molecular weight is 333 g/mol.